The largest absolute Gasteiger partial charge is 0.354 e. The zero-order valence-electron chi connectivity index (χ0n) is 21.5. The van der Waals surface area contributed by atoms with E-state index in [1.165, 1.54) is 17.0 Å². The van der Waals surface area contributed by atoms with E-state index in [1.54, 1.807) is 74.5 Å². The molecule has 0 fully saturated rings. The van der Waals surface area contributed by atoms with Gasteiger partial charge in [0.05, 0.1) is 10.6 Å². The molecule has 0 spiro atoms. The Morgan fingerprint density at radius 3 is 2.26 bits per heavy atom. The molecule has 3 aromatic rings. The van der Waals surface area contributed by atoms with Crippen LogP contribution in [0.4, 0.5) is 5.69 Å². The average molecular weight is 577 g/mol. The quantitative estimate of drug-likeness (QED) is 0.330. The second-order valence-electron chi connectivity index (χ2n) is 8.84. The first-order valence-electron chi connectivity index (χ1n) is 12.2. The van der Waals surface area contributed by atoms with Crippen molar-refractivity contribution < 1.29 is 18.0 Å². The third-order valence-corrected chi connectivity index (χ3v) is 8.43. The maximum absolute atomic E-state index is 13.9. The minimum Gasteiger partial charge on any atom is -0.354 e. The van der Waals surface area contributed by atoms with Crippen LogP contribution in [0.5, 0.6) is 0 Å². The molecule has 1 N–H and O–H groups in total. The fourth-order valence-corrected chi connectivity index (χ4v) is 5.86. The molecule has 0 aromatic heterocycles. The van der Waals surface area contributed by atoms with Gasteiger partial charge in [-0.1, -0.05) is 72.6 Å². The topological polar surface area (TPSA) is 86.8 Å². The average Bonchev–Trinajstić information content (AvgIpc) is 2.90. The van der Waals surface area contributed by atoms with Crippen LogP contribution in [0.25, 0.3) is 0 Å². The molecule has 7 nitrogen and oxygen atoms in total. The van der Waals surface area contributed by atoms with Crippen LogP contribution in [0.15, 0.2) is 77.7 Å². The Labute approximate surface area is 234 Å². The predicted molar refractivity (Wildman–Crippen MR) is 152 cm³/mol. The smallest absolute Gasteiger partial charge is 0.264 e. The Morgan fingerprint density at radius 1 is 0.974 bits per heavy atom. The number of sulfonamides is 1. The summed E-state index contributed by atoms with van der Waals surface area (Å²) in [6, 6.07) is 18.9. The number of nitrogens with zero attached hydrogens (tertiary/aromatic N) is 2. The van der Waals surface area contributed by atoms with Gasteiger partial charge in [-0.2, -0.15) is 0 Å². The second-order valence-corrected chi connectivity index (χ2v) is 11.5. The molecule has 0 aliphatic heterocycles. The minimum absolute atomic E-state index is 0.0114. The van der Waals surface area contributed by atoms with Crippen molar-refractivity contribution in [2.75, 3.05) is 17.4 Å². The number of halogens is 2. The summed E-state index contributed by atoms with van der Waals surface area (Å²) in [5.74, 6) is -0.906. The van der Waals surface area contributed by atoms with Gasteiger partial charge < -0.3 is 10.2 Å². The Kier molecular flexibility index (Phi) is 10.2. The zero-order chi connectivity index (χ0) is 27.9. The van der Waals surface area contributed by atoms with Crippen LogP contribution >= 0.6 is 23.2 Å². The highest BCUT2D eigenvalue weighted by molar-refractivity contribution is 7.92. The lowest BCUT2D eigenvalue weighted by atomic mass is 10.1. The SMILES string of the molecule is CCCNC(=O)[C@H](C)N(Cc1ccc(Cl)cc1Cl)C(=O)CN(c1ccccc1C)S(=O)(=O)c1ccccc1. The van der Waals surface area contributed by atoms with Crippen molar-refractivity contribution in [3.05, 3.63) is 94.0 Å². The Bertz CT molecular complexity index is 1380. The molecule has 1 atom stereocenters. The Hall–Kier alpha value is -3.07. The van der Waals surface area contributed by atoms with Crippen LogP contribution < -0.4 is 9.62 Å². The van der Waals surface area contributed by atoms with Gasteiger partial charge in [-0.05, 0) is 61.7 Å². The van der Waals surface area contributed by atoms with Crippen molar-refractivity contribution in [1.82, 2.24) is 10.2 Å². The normalized spacial score (nSPS) is 12.0. The first kappa shape index (κ1) is 29.5. The lowest BCUT2D eigenvalue weighted by molar-refractivity contribution is -0.139. The summed E-state index contributed by atoms with van der Waals surface area (Å²) in [7, 11) is -4.11. The molecule has 0 saturated carbocycles. The molecule has 202 valence electrons. The Balaban J connectivity index is 2.04. The van der Waals surface area contributed by atoms with Gasteiger partial charge in [0.25, 0.3) is 10.0 Å². The van der Waals surface area contributed by atoms with E-state index in [0.29, 0.717) is 33.4 Å². The number of rotatable bonds is 11. The number of anilines is 1. The van der Waals surface area contributed by atoms with Gasteiger partial charge in [-0.3, -0.25) is 13.9 Å². The number of benzene rings is 3. The van der Waals surface area contributed by atoms with Crippen molar-refractivity contribution in [3.63, 3.8) is 0 Å². The summed E-state index contributed by atoms with van der Waals surface area (Å²) >= 11 is 12.4. The number of carbonyl (C=O) groups excluding carboxylic acids is 2. The van der Waals surface area contributed by atoms with Gasteiger partial charge in [-0.15, -0.1) is 0 Å². The van der Waals surface area contributed by atoms with E-state index >= 15 is 0 Å². The first-order chi connectivity index (χ1) is 18.1. The molecular formula is C28H31Cl2N3O4S. The van der Waals surface area contributed by atoms with E-state index in [0.717, 1.165) is 10.7 Å². The molecule has 3 aromatic carbocycles. The molecule has 0 radical (unpaired) electrons. The molecule has 38 heavy (non-hydrogen) atoms. The molecule has 0 heterocycles. The van der Waals surface area contributed by atoms with Crippen LogP contribution in [0.3, 0.4) is 0 Å². The number of carbonyl (C=O) groups is 2. The number of hydrogen-bond acceptors (Lipinski definition) is 4. The van der Waals surface area contributed by atoms with Gasteiger partial charge in [-0.25, -0.2) is 8.42 Å². The summed E-state index contributed by atoms with van der Waals surface area (Å²) in [4.78, 5) is 28.2. The monoisotopic (exact) mass is 575 g/mol. The first-order valence-corrected chi connectivity index (χ1v) is 14.4. The van der Waals surface area contributed by atoms with Crippen LogP contribution in [0.2, 0.25) is 10.0 Å². The maximum Gasteiger partial charge on any atom is 0.264 e. The predicted octanol–water partition coefficient (Wildman–Crippen LogP) is 5.44. The third kappa shape index (κ3) is 7.07. The summed E-state index contributed by atoms with van der Waals surface area (Å²) in [6.45, 7) is 5.23. The molecule has 0 aliphatic carbocycles. The Morgan fingerprint density at radius 2 is 1.63 bits per heavy atom. The zero-order valence-corrected chi connectivity index (χ0v) is 23.9. The van der Waals surface area contributed by atoms with Crippen molar-refractivity contribution in [2.45, 2.75) is 44.7 Å². The van der Waals surface area contributed by atoms with Crippen LogP contribution in [0, 0.1) is 6.92 Å². The molecular weight excluding hydrogens is 545 g/mol. The lowest BCUT2D eigenvalue weighted by Crippen LogP contribution is -2.51. The van der Waals surface area contributed by atoms with Crippen LogP contribution in [-0.4, -0.2) is 44.3 Å². The van der Waals surface area contributed by atoms with Crippen molar-refractivity contribution >= 4 is 50.7 Å². The van der Waals surface area contributed by atoms with Gasteiger partial charge in [0.15, 0.2) is 0 Å². The summed E-state index contributed by atoms with van der Waals surface area (Å²) in [5.41, 5.74) is 1.63. The molecule has 10 heteroatoms. The standard InChI is InChI=1S/C28H31Cl2N3O4S/c1-4-16-31-28(35)21(3)32(18-22-14-15-23(29)17-25(22)30)27(34)19-33(26-13-9-8-10-20(26)2)38(36,37)24-11-6-5-7-12-24/h5-15,17,21H,4,16,18-19H2,1-3H3,(H,31,35)/t21-/m0/s1. The summed E-state index contributed by atoms with van der Waals surface area (Å²) in [5, 5.41) is 3.58. The van der Waals surface area contributed by atoms with Gasteiger partial charge in [0, 0.05) is 23.1 Å². The molecule has 0 saturated heterocycles. The number of para-hydroxylation sites is 1. The third-order valence-electron chi connectivity index (χ3n) is 6.07. The molecule has 0 aliphatic rings. The van der Waals surface area contributed by atoms with E-state index in [1.807, 2.05) is 6.92 Å². The van der Waals surface area contributed by atoms with Gasteiger partial charge in [0.2, 0.25) is 11.8 Å². The van der Waals surface area contributed by atoms with E-state index in [2.05, 4.69) is 5.32 Å². The number of hydrogen-bond donors (Lipinski definition) is 1. The van der Waals surface area contributed by atoms with E-state index in [-0.39, 0.29) is 17.3 Å². The summed E-state index contributed by atoms with van der Waals surface area (Å²) < 4.78 is 28.6. The second kappa shape index (κ2) is 13.1. The van der Waals surface area contributed by atoms with Gasteiger partial charge in [0.1, 0.15) is 12.6 Å². The number of amides is 2. The molecule has 2 amide bonds. The molecule has 3 rings (SSSR count). The van der Waals surface area contributed by atoms with Crippen molar-refractivity contribution in [2.24, 2.45) is 0 Å². The number of aryl methyl sites for hydroxylation is 1. The van der Waals surface area contributed by atoms with Gasteiger partial charge >= 0.3 is 0 Å². The summed E-state index contributed by atoms with van der Waals surface area (Å²) in [6.07, 6.45) is 0.728. The van der Waals surface area contributed by atoms with E-state index in [4.69, 9.17) is 23.2 Å². The van der Waals surface area contributed by atoms with Crippen LogP contribution in [-0.2, 0) is 26.2 Å². The van der Waals surface area contributed by atoms with E-state index in [9.17, 15) is 18.0 Å². The van der Waals surface area contributed by atoms with E-state index < -0.39 is 28.5 Å². The fourth-order valence-electron chi connectivity index (χ4n) is 3.89. The fraction of sp³-hybridized carbons (Fsp3) is 0.286. The minimum atomic E-state index is -4.11. The highest BCUT2D eigenvalue weighted by Gasteiger charge is 2.33. The highest BCUT2D eigenvalue weighted by atomic mass is 35.5. The lowest BCUT2D eigenvalue weighted by Gasteiger charge is -2.32. The molecule has 0 unspecified atom stereocenters. The molecule has 0 bridgehead atoms. The maximum atomic E-state index is 13.9. The number of nitrogens with one attached hydrogen (secondary N) is 1. The highest BCUT2D eigenvalue weighted by Crippen LogP contribution is 2.28. The van der Waals surface area contributed by atoms with Crippen molar-refractivity contribution in [1.29, 1.82) is 0 Å². The van der Waals surface area contributed by atoms with Crippen LogP contribution in [0.1, 0.15) is 31.4 Å². The van der Waals surface area contributed by atoms with Crippen molar-refractivity contribution in [3.8, 4) is 0 Å².